The van der Waals surface area contributed by atoms with E-state index in [1.54, 1.807) is 10.5 Å². The first-order valence-corrected chi connectivity index (χ1v) is 4.48. The average Bonchev–Trinajstić information content (AvgIpc) is 2.60. The Morgan fingerprint density at radius 1 is 1.47 bits per heavy atom. The maximum atomic E-state index is 11.0. The molecule has 0 aliphatic heterocycles. The third-order valence-electron chi connectivity index (χ3n) is 2.19. The lowest BCUT2D eigenvalue weighted by Crippen LogP contribution is -2.15. The fourth-order valence-electron chi connectivity index (χ4n) is 1.52. The number of carboxylic acids is 1. The molecule has 0 saturated carbocycles. The minimum Gasteiger partial charge on any atom is -0.477 e. The van der Waals surface area contributed by atoms with Gasteiger partial charge in [0, 0.05) is 14.1 Å². The second-order valence-corrected chi connectivity index (χ2v) is 3.42. The number of pyridine rings is 1. The van der Waals surface area contributed by atoms with Crippen LogP contribution in [-0.4, -0.2) is 34.6 Å². The molecule has 2 heterocycles. The number of hydrogen-bond acceptors (Lipinski definition) is 3. The summed E-state index contributed by atoms with van der Waals surface area (Å²) in [6.45, 7) is 0. The molecule has 0 bridgehead atoms. The zero-order valence-electron chi connectivity index (χ0n) is 8.51. The summed E-state index contributed by atoms with van der Waals surface area (Å²) in [5.74, 6) is -0.181. The number of carboxylic acid groups (broad SMARTS) is 1. The lowest BCUT2D eigenvalue weighted by atomic mass is 10.4. The van der Waals surface area contributed by atoms with E-state index in [1.165, 1.54) is 6.20 Å². The Bertz CT molecular complexity index is 516. The normalized spacial score (nSPS) is 10.5. The van der Waals surface area contributed by atoms with E-state index in [2.05, 4.69) is 4.98 Å². The van der Waals surface area contributed by atoms with Gasteiger partial charge in [-0.15, -0.1) is 0 Å². The summed E-state index contributed by atoms with van der Waals surface area (Å²) < 4.78 is 1.61. The van der Waals surface area contributed by atoms with E-state index in [4.69, 9.17) is 5.11 Å². The van der Waals surface area contributed by atoms with Crippen LogP contribution in [0.15, 0.2) is 24.4 Å². The second-order valence-electron chi connectivity index (χ2n) is 3.42. The van der Waals surface area contributed by atoms with Crippen molar-refractivity contribution in [2.24, 2.45) is 0 Å². The van der Waals surface area contributed by atoms with Crippen LogP contribution in [0.2, 0.25) is 0 Å². The molecule has 0 aliphatic rings. The largest absolute Gasteiger partial charge is 0.477 e. The number of imidazole rings is 1. The van der Waals surface area contributed by atoms with Crippen LogP contribution in [0.1, 0.15) is 10.5 Å². The molecule has 2 rings (SSSR count). The van der Waals surface area contributed by atoms with Gasteiger partial charge in [-0.3, -0.25) is 4.40 Å². The Morgan fingerprint density at radius 3 is 2.80 bits per heavy atom. The molecule has 0 atom stereocenters. The highest BCUT2D eigenvalue weighted by Crippen LogP contribution is 2.17. The number of fused-ring (bicyclic) bond motifs is 1. The van der Waals surface area contributed by atoms with Crippen molar-refractivity contribution >= 4 is 17.4 Å². The quantitative estimate of drug-likeness (QED) is 0.797. The minimum atomic E-state index is -0.975. The number of aromatic carboxylic acids is 1. The summed E-state index contributed by atoms with van der Waals surface area (Å²) in [6, 6.07) is 5.48. The van der Waals surface area contributed by atoms with Gasteiger partial charge < -0.3 is 10.0 Å². The van der Waals surface area contributed by atoms with Crippen molar-refractivity contribution in [3.05, 3.63) is 30.1 Å². The van der Waals surface area contributed by atoms with Crippen molar-refractivity contribution in [1.29, 1.82) is 0 Å². The molecule has 2 aromatic rings. The fraction of sp³-hybridized carbons (Fsp3) is 0.200. The van der Waals surface area contributed by atoms with Crippen LogP contribution in [0.3, 0.4) is 0 Å². The molecule has 0 saturated heterocycles. The Morgan fingerprint density at radius 2 is 2.20 bits per heavy atom. The highest BCUT2D eigenvalue weighted by Gasteiger charge is 2.13. The molecule has 0 aliphatic carbocycles. The van der Waals surface area contributed by atoms with Gasteiger partial charge in [0.05, 0.1) is 6.20 Å². The highest BCUT2D eigenvalue weighted by molar-refractivity contribution is 5.87. The Balaban J connectivity index is 2.80. The molecule has 0 spiro atoms. The van der Waals surface area contributed by atoms with Gasteiger partial charge in [-0.05, 0) is 12.1 Å². The van der Waals surface area contributed by atoms with Crippen molar-refractivity contribution in [3.63, 3.8) is 0 Å². The molecule has 0 unspecified atom stereocenters. The third-order valence-corrected chi connectivity index (χ3v) is 2.19. The highest BCUT2D eigenvalue weighted by atomic mass is 16.4. The van der Waals surface area contributed by atoms with E-state index in [9.17, 15) is 4.79 Å². The van der Waals surface area contributed by atoms with E-state index in [0.29, 0.717) is 5.65 Å². The van der Waals surface area contributed by atoms with Crippen LogP contribution in [-0.2, 0) is 0 Å². The number of aromatic nitrogens is 2. The van der Waals surface area contributed by atoms with Crippen LogP contribution in [0, 0.1) is 0 Å². The first-order chi connectivity index (χ1) is 7.11. The topological polar surface area (TPSA) is 57.8 Å². The standard InChI is InChI=1S/C10H11N3O2/c1-12(2)9-5-3-4-8-11-6-7(10(14)15)13(8)9/h3-6H,1-2H3,(H,14,15). The van der Waals surface area contributed by atoms with Crippen molar-refractivity contribution in [3.8, 4) is 0 Å². The van der Waals surface area contributed by atoms with Crippen molar-refractivity contribution in [1.82, 2.24) is 9.38 Å². The number of carbonyl (C=O) groups is 1. The van der Waals surface area contributed by atoms with Crippen LogP contribution >= 0.6 is 0 Å². The first kappa shape index (κ1) is 9.51. The molecule has 0 aromatic carbocycles. The maximum absolute atomic E-state index is 11.0. The third kappa shape index (κ3) is 1.41. The predicted octanol–water partition coefficient (Wildman–Crippen LogP) is 1.10. The van der Waals surface area contributed by atoms with Crippen molar-refractivity contribution in [2.45, 2.75) is 0 Å². The summed E-state index contributed by atoms with van der Waals surface area (Å²) in [4.78, 5) is 16.9. The summed E-state index contributed by atoms with van der Waals surface area (Å²) in [5.41, 5.74) is 0.813. The van der Waals surface area contributed by atoms with Crippen molar-refractivity contribution in [2.75, 3.05) is 19.0 Å². The average molecular weight is 205 g/mol. The number of nitrogens with zero attached hydrogens (tertiary/aromatic N) is 3. The molecule has 5 heteroatoms. The molecule has 2 aromatic heterocycles. The molecule has 0 amide bonds. The smallest absolute Gasteiger partial charge is 0.354 e. The second kappa shape index (κ2) is 3.27. The number of hydrogen-bond donors (Lipinski definition) is 1. The zero-order valence-corrected chi connectivity index (χ0v) is 8.51. The summed E-state index contributed by atoms with van der Waals surface area (Å²) in [5, 5.41) is 9.00. The van der Waals surface area contributed by atoms with Crippen LogP contribution in [0.25, 0.3) is 5.65 Å². The number of rotatable bonds is 2. The Hall–Kier alpha value is -2.04. The predicted molar refractivity (Wildman–Crippen MR) is 56.5 cm³/mol. The van der Waals surface area contributed by atoms with E-state index in [0.717, 1.165) is 5.82 Å². The monoisotopic (exact) mass is 205 g/mol. The Labute approximate surface area is 86.6 Å². The molecule has 0 fully saturated rings. The summed E-state index contributed by atoms with van der Waals surface area (Å²) >= 11 is 0. The summed E-state index contributed by atoms with van der Waals surface area (Å²) in [7, 11) is 3.72. The lowest BCUT2D eigenvalue weighted by Gasteiger charge is -2.15. The van der Waals surface area contributed by atoms with Gasteiger partial charge in [-0.2, -0.15) is 0 Å². The van der Waals surface area contributed by atoms with E-state index in [1.807, 2.05) is 31.1 Å². The minimum absolute atomic E-state index is 0.175. The van der Waals surface area contributed by atoms with Gasteiger partial charge in [0.15, 0.2) is 5.69 Å². The van der Waals surface area contributed by atoms with Gasteiger partial charge in [0.1, 0.15) is 11.5 Å². The lowest BCUT2D eigenvalue weighted by molar-refractivity contribution is 0.0689. The molecular weight excluding hydrogens is 194 g/mol. The molecule has 15 heavy (non-hydrogen) atoms. The van der Waals surface area contributed by atoms with Crippen LogP contribution in [0.5, 0.6) is 0 Å². The molecule has 5 nitrogen and oxygen atoms in total. The first-order valence-electron chi connectivity index (χ1n) is 4.48. The summed E-state index contributed by atoms with van der Waals surface area (Å²) in [6.07, 6.45) is 1.37. The van der Waals surface area contributed by atoms with Gasteiger partial charge in [-0.1, -0.05) is 6.07 Å². The van der Waals surface area contributed by atoms with Crippen molar-refractivity contribution < 1.29 is 9.90 Å². The fourth-order valence-corrected chi connectivity index (χ4v) is 1.52. The van der Waals surface area contributed by atoms with E-state index < -0.39 is 5.97 Å². The number of anilines is 1. The van der Waals surface area contributed by atoms with Crippen LogP contribution in [0.4, 0.5) is 5.82 Å². The van der Waals surface area contributed by atoms with E-state index in [-0.39, 0.29) is 5.69 Å². The molecule has 1 N–H and O–H groups in total. The van der Waals surface area contributed by atoms with Gasteiger partial charge in [-0.25, -0.2) is 9.78 Å². The molecule has 78 valence electrons. The van der Waals surface area contributed by atoms with Crippen LogP contribution < -0.4 is 4.90 Å². The maximum Gasteiger partial charge on any atom is 0.354 e. The molecule has 0 radical (unpaired) electrons. The zero-order chi connectivity index (χ0) is 11.0. The SMILES string of the molecule is CN(C)c1cccc2ncc(C(=O)O)n12. The van der Waals surface area contributed by atoms with E-state index >= 15 is 0 Å². The molecular formula is C10H11N3O2. The van der Waals surface area contributed by atoms with Gasteiger partial charge in [0.25, 0.3) is 0 Å². The van der Waals surface area contributed by atoms with Gasteiger partial charge in [0.2, 0.25) is 0 Å². The van der Waals surface area contributed by atoms with Gasteiger partial charge >= 0.3 is 5.97 Å². The Kier molecular flexibility index (Phi) is 2.07.